The molecule has 1 amide bonds. The maximum Gasteiger partial charge on any atom is 0.246 e. The van der Waals surface area contributed by atoms with Gasteiger partial charge in [0, 0.05) is 28.8 Å². The Hall–Kier alpha value is -2.96. The van der Waals surface area contributed by atoms with E-state index in [4.69, 9.17) is 5.73 Å². The molecule has 2 heterocycles. The summed E-state index contributed by atoms with van der Waals surface area (Å²) in [6.07, 6.45) is 6.21. The minimum Gasteiger partial charge on any atom is -0.374 e. The molecule has 2 aliphatic carbocycles. The summed E-state index contributed by atoms with van der Waals surface area (Å²) < 4.78 is 16.0. The number of benzene rings is 2. The lowest BCUT2D eigenvalue weighted by Gasteiger charge is -2.36. The standard InChI is InChI=1S/C28H30FN3O2/c1-3-23(33)32-12-8-17-16(15(32)2)5-4-6-18(17)24-21(29)13-19(27(30)34)26-25(24)20-14-28(10-11-28)9-7-22(20)31-26/h3-6,13,15,27,31,34H,1,7-12,14,30H2,2H3. The van der Waals surface area contributed by atoms with Gasteiger partial charge in [0.05, 0.1) is 11.6 Å². The smallest absolute Gasteiger partial charge is 0.246 e. The molecule has 3 aliphatic rings. The number of carbonyl (C=O) groups is 1. The summed E-state index contributed by atoms with van der Waals surface area (Å²) in [5.41, 5.74) is 13.3. The third-order valence-electron chi connectivity index (χ3n) is 8.44. The molecule has 0 bridgehead atoms. The first-order valence-electron chi connectivity index (χ1n) is 12.2. The fourth-order valence-corrected chi connectivity index (χ4v) is 6.37. The van der Waals surface area contributed by atoms with Crippen molar-refractivity contribution in [1.82, 2.24) is 9.88 Å². The maximum absolute atomic E-state index is 16.0. The van der Waals surface area contributed by atoms with E-state index in [1.165, 1.54) is 30.5 Å². The normalized spacial score (nSPS) is 21.3. The van der Waals surface area contributed by atoms with Crippen molar-refractivity contribution in [3.63, 3.8) is 0 Å². The van der Waals surface area contributed by atoms with Crippen LogP contribution in [0.2, 0.25) is 0 Å². The van der Waals surface area contributed by atoms with Crippen LogP contribution in [0.5, 0.6) is 0 Å². The molecule has 1 aliphatic heterocycles. The Morgan fingerprint density at radius 2 is 2.12 bits per heavy atom. The Kier molecular flexibility index (Phi) is 4.77. The molecule has 2 atom stereocenters. The van der Waals surface area contributed by atoms with Gasteiger partial charge in [-0.15, -0.1) is 0 Å². The number of aromatic nitrogens is 1. The van der Waals surface area contributed by atoms with Gasteiger partial charge >= 0.3 is 0 Å². The summed E-state index contributed by atoms with van der Waals surface area (Å²) >= 11 is 0. The number of amides is 1. The molecule has 2 unspecified atom stereocenters. The lowest BCUT2D eigenvalue weighted by Crippen LogP contribution is -2.38. The quantitative estimate of drug-likeness (QED) is 0.388. The Labute approximate surface area is 198 Å². The lowest BCUT2D eigenvalue weighted by atomic mass is 9.80. The SMILES string of the molecule is C=CC(=O)N1CCc2c(-c3c(F)cc(C(N)O)c4[nH]c5c(c34)CC3(CC5)CC3)cccc2C1C. The second kappa shape index (κ2) is 7.52. The Morgan fingerprint density at radius 1 is 1.32 bits per heavy atom. The molecular weight excluding hydrogens is 429 g/mol. The van der Waals surface area contributed by atoms with Crippen molar-refractivity contribution in [2.45, 2.75) is 57.7 Å². The Morgan fingerprint density at radius 3 is 2.82 bits per heavy atom. The summed E-state index contributed by atoms with van der Waals surface area (Å²) in [4.78, 5) is 17.7. The number of rotatable bonds is 3. The van der Waals surface area contributed by atoms with E-state index in [1.807, 2.05) is 30.0 Å². The van der Waals surface area contributed by atoms with Gasteiger partial charge in [-0.1, -0.05) is 24.8 Å². The average Bonchev–Trinajstić information content (AvgIpc) is 3.48. The number of nitrogens with two attached hydrogens (primary N) is 1. The Balaban J connectivity index is 1.60. The molecule has 4 N–H and O–H groups in total. The minimum absolute atomic E-state index is 0.0900. The first-order chi connectivity index (χ1) is 16.3. The highest BCUT2D eigenvalue weighted by atomic mass is 19.1. The summed E-state index contributed by atoms with van der Waals surface area (Å²) in [5.74, 6) is -0.456. The monoisotopic (exact) mass is 459 g/mol. The van der Waals surface area contributed by atoms with Crippen LogP contribution in [0.1, 0.15) is 66.4 Å². The summed E-state index contributed by atoms with van der Waals surface area (Å²) in [6, 6.07) is 7.24. The molecule has 1 saturated carbocycles. The molecule has 5 nitrogen and oxygen atoms in total. The van der Waals surface area contributed by atoms with Crippen LogP contribution in [0.25, 0.3) is 22.0 Å². The van der Waals surface area contributed by atoms with Crippen molar-refractivity contribution in [3.05, 3.63) is 70.7 Å². The van der Waals surface area contributed by atoms with Gasteiger partial charge in [0.15, 0.2) is 0 Å². The third kappa shape index (κ3) is 3.08. The van der Waals surface area contributed by atoms with E-state index in [0.29, 0.717) is 29.5 Å². The van der Waals surface area contributed by atoms with Crippen LogP contribution in [0, 0.1) is 11.2 Å². The zero-order valence-electron chi connectivity index (χ0n) is 19.5. The minimum atomic E-state index is -1.26. The van der Waals surface area contributed by atoms with E-state index in [2.05, 4.69) is 11.6 Å². The van der Waals surface area contributed by atoms with Crippen LogP contribution in [0.4, 0.5) is 4.39 Å². The molecular formula is C28H30FN3O2. The van der Waals surface area contributed by atoms with Gasteiger partial charge in [-0.3, -0.25) is 4.79 Å². The van der Waals surface area contributed by atoms with Crippen molar-refractivity contribution in [1.29, 1.82) is 0 Å². The zero-order valence-corrected chi connectivity index (χ0v) is 19.5. The number of nitrogens with one attached hydrogen (secondary N) is 1. The second-order valence-electron chi connectivity index (χ2n) is 10.3. The maximum atomic E-state index is 16.0. The van der Waals surface area contributed by atoms with Gasteiger partial charge in [-0.25, -0.2) is 4.39 Å². The van der Waals surface area contributed by atoms with E-state index < -0.39 is 6.23 Å². The van der Waals surface area contributed by atoms with E-state index in [-0.39, 0.29) is 17.8 Å². The first-order valence-corrected chi connectivity index (χ1v) is 12.2. The van der Waals surface area contributed by atoms with Crippen LogP contribution in [0.15, 0.2) is 36.9 Å². The molecule has 6 heteroatoms. The molecule has 176 valence electrons. The number of hydrogen-bond acceptors (Lipinski definition) is 3. The molecule has 1 aromatic heterocycles. The number of halogens is 1. The van der Waals surface area contributed by atoms with Crippen LogP contribution >= 0.6 is 0 Å². The van der Waals surface area contributed by atoms with Crippen LogP contribution < -0.4 is 5.73 Å². The molecule has 0 saturated heterocycles. The first kappa shape index (κ1) is 21.6. The molecule has 1 fully saturated rings. The number of aliphatic hydroxyl groups is 1. The molecule has 3 aromatic rings. The highest BCUT2D eigenvalue weighted by Crippen LogP contribution is 2.56. The summed E-state index contributed by atoms with van der Waals surface area (Å²) in [6.45, 7) is 6.21. The van der Waals surface area contributed by atoms with Crippen LogP contribution in [0.3, 0.4) is 0 Å². The van der Waals surface area contributed by atoms with E-state index in [0.717, 1.165) is 52.5 Å². The Bertz CT molecular complexity index is 1350. The van der Waals surface area contributed by atoms with Gasteiger partial charge in [0.25, 0.3) is 0 Å². The number of hydrogen-bond donors (Lipinski definition) is 3. The fourth-order valence-electron chi connectivity index (χ4n) is 6.37. The predicted molar refractivity (Wildman–Crippen MR) is 131 cm³/mol. The number of aliphatic hydroxyl groups excluding tert-OH is 1. The van der Waals surface area contributed by atoms with E-state index >= 15 is 4.39 Å². The van der Waals surface area contributed by atoms with Gasteiger partial charge in [0.1, 0.15) is 12.0 Å². The average molecular weight is 460 g/mol. The number of H-pyrrole nitrogens is 1. The lowest BCUT2D eigenvalue weighted by molar-refractivity contribution is -0.128. The molecule has 6 rings (SSSR count). The van der Waals surface area contributed by atoms with E-state index in [9.17, 15) is 9.90 Å². The van der Waals surface area contributed by atoms with Gasteiger partial charge in [0.2, 0.25) is 5.91 Å². The third-order valence-corrected chi connectivity index (χ3v) is 8.44. The number of fused-ring (bicyclic) bond motifs is 4. The van der Waals surface area contributed by atoms with Crippen LogP contribution in [-0.4, -0.2) is 27.4 Å². The van der Waals surface area contributed by atoms with E-state index in [1.54, 1.807) is 0 Å². The summed E-state index contributed by atoms with van der Waals surface area (Å²) in [7, 11) is 0. The molecule has 34 heavy (non-hydrogen) atoms. The molecule has 0 radical (unpaired) electrons. The van der Waals surface area contributed by atoms with Crippen molar-refractivity contribution < 1.29 is 14.3 Å². The van der Waals surface area contributed by atoms with Crippen molar-refractivity contribution in [2.24, 2.45) is 11.1 Å². The summed E-state index contributed by atoms with van der Waals surface area (Å²) in [5, 5.41) is 11.1. The number of aryl methyl sites for hydroxylation is 1. The molecule has 2 aromatic carbocycles. The number of carbonyl (C=O) groups excluding carboxylic acids is 1. The number of aromatic amines is 1. The van der Waals surface area contributed by atoms with Gasteiger partial charge < -0.3 is 20.7 Å². The largest absolute Gasteiger partial charge is 0.374 e. The van der Waals surface area contributed by atoms with Gasteiger partial charge in [-0.2, -0.15) is 0 Å². The highest BCUT2D eigenvalue weighted by Gasteiger charge is 2.46. The van der Waals surface area contributed by atoms with Crippen molar-refractivity contribution in [2.75, 3.05) is 6.54 Å². The van der Waals surface area contributed by atoms with Gasteiger partial charge in [-0.05, 0) is 85.3 Å². The molecule has 1 spiro atoms. The van der Waals surface area contributed by atoms with Crippen LogP contribution in [-0.2, 0) is 24.1 Å². The highest BCUT2D eigenvalue weighted by molar-refractivity contribution is 6.02. The topological polar surface area (TPSA) is 82.3 Å². The van der Waals surface area contributed by atoms with Crippen molar-refractivity contribution in [3.8, 4) is 11.1 Å². The number of nitrogens with zero attached hydrogens (tertiary/aromatic N) is 1. The van der Waals surface area contributed by atoms with Crippen molar-refractivity contribution >= 4 is 16.8 Å². The second-order valence-corrected chi connectivity index (χ2v) is 10.3. The fraction of sp³-hybridized carbons (Fsp3) is 0.393. The predicted octanol–water partition coefficient (Wildman–Crippen LogP) is 4.82. The zero-order chi connectivity index (χ0) is 23.8.